The van der Waals surface area contributed by atoms with Crippen LogP contribution in [0.2, 0.25) is 0 Å². The minimum atomic E-state index is -4.90. The average Bonchev–Trinajstić information content (AvgIpc) is 2.63. The van der Waals surface area contributed by atoms with Gasteiger partial charge in [0.15, 0.2) is 6.61 Å². The van der Waals surface area contributed by atoms with Crippen molar-refractivity contribution in [2.24, 2.45) is 0 Å². The van der Waals surface area contributed by atoms with Crippen LogP contribution in [0.3, 0.4) is 0 Å². The van der Waals surface area contributed by atoms with Crippen LogP contribution in [0.1, 0.15) is 18.1 Å². The number of benzene rings is 2. The van der Waals surface area contributed by atoms with Crippen LogP contribution in [-0.4, -0.2) is 27.6 Å². The summed E-state index contributed by atoms with van der Waals surface area (Å²) in [6.45, 7) is 0.525. The highest BCUT2D eigenvalue weighted by Gasteiger charge is 2.36. The van der Waals surface area contributed by atoms with Crippen LogP contribution < -0.4 is 4.74 Å². The number of rotatable bonds is 6. The number of carboxylic acid groups (broad SMARTS) is 1. The van der Waals surface area contributed by atoms with Gasteiger partial charge in [-0.15, -0.1) is 0 Å². The van der Waals surface area contributed by atoms with Crippen molar-refractivity contribution in [3.8, 4) is 16.9 Å². The summed E-state index contributed by atoms with van der Waals surface area (Å²) in [5, 5.41) is 8.71. The first-order valence-electron chi connectivity index (χ1n) is 8.00. The molecule has 0 fully saturated rings. The lowest BCUT2D eigenvalue weighted by Gasteiger charge is -2.17. The number of ether oxygens (including phenoxy) is 1. The fourth-order valence-corrected chi connectivity index (χ4v) is 3.42. The second kappa shape index (κ2) is 8.44. The molecule has 158 valence electrons. The Balaban J connectivity index is 2.70. The zero-order chi connectivity index (χ0) is 22.0. The summed E-state index contributed by atoms with van der Waals surface area (Å²) in [5.74, 6) is -1.84. The Hall–Kier alpha value is -2.56. The molecule has 0 spiro atoms. The van der Waals surface area contributed by atoms with Gasteiger partial charge in [-0.05, 0) is 35.9 Å². The summed E-state index contributed by atoms with van der Waals surface area (Å²) in [5.41, 5.74) is -3.07. The summed E-state index contributed by atoms with van der Waals surface area (Å²) in [4.78, 5) is 10.2. The van der Waals surface area contributed by atoms with Crippen molar-refractivity contribution in [3.05, 3.63) is 47.5 Å². The van der Waals surface area contributed by atoms with Crippen molar-refractivity contribution in [3.63, 3.8) is 0 Å². The minimum Gasteiger partial charge on any atom is -0.481 e. The molecule has 0 radical (unpaired) electrons. The summed E-state index contributed by atoms with van der Waals surface area (Å²) in [6.07, 6.45) is -9.68. The Kier molecular flexibility index (Phi) is 6.61. The average molecular weight is 440 g/mol. The zero-order valence-corrected chi connectivity index (χ0v) is 15.5. The molecular weight excluding hydrogens is 426 g/mol. The molecule has 0 saturated carbocycles. The van der Waals surface area contributed by atoms with Gasteiger partial charge in [0.2, 0.25) is 0 Å². The van der Waals surface area contributed by atoms with Crippen LogP contribution in [0.15, 0.2) is 41.3 Å². The molecule has 2 aromatic carbocycles. The lowest BCUT2D eigenvalue weighted by molar-refractivity contribution is -0.140. The van der Waals surface area contributed by atoms with Crippen molar-refractivity contribution in [1.82, 2.24) is 0 Å². The number of hydrogen-bond acceptors (Lipinski definition) is 3. The molecular formula is C18H14F6O4S. The van der Waals surface area contributed by atoms with E-state index in [9.17, 15) is 35.3 Å². The molecule has 0 aliphatic carbocycles. The molecule has 11 heteroatoms. The first-order valence-corrected chi connectivity index (χ1v) is 9.32. The van der Waals surface area contributed by atoms with Gasteiger partial charge in [0.05, 0.1) is 26.8 Å². The Labute approximate surface area is 163 Å². The Morgan fingerprint density at radius 2 is 1.69 bits per heavy atom. The largest absolute Gasteiger partial charge is 0.481 e. The highest BCUT2D eigenvalue weighted by molar-refractivity contribution is 7.85. The highest BCUT2D eigenvalue weighted by atomic mass is 32.2. The van der Waals surface area contributed by atoms with E-state index in [-0.39, 0.29) is 22.6 Å². The summed E-state index contributed by atoms with van der Waals surface area (Å²) >= 11 is 0. The number of aliphatic carboxylic acids is 1. The maximum Gasteiger partial charge on any atom is 0.417 e. The topological polar surface area (TPSA) is 63.6 Å². The van der Waals surface area contributed by atoms with Gasteiger partial charge in [-0.3, -0.25) is 4.21 Å². The molecule has 29 heavy (non-hydrogen) atoms. The maximum absolute atomic E-state index is 13.4. The monoisotopic (exact) mass is 440 g/mol. The zero-order valence-electron chi connectivity index (χ0n) is 14.7. The predicted octanol–water partition coefficient (Wildman–Crippen LogP) is 4.98. The third-order valence-electron chi connectivity index (χ3n) is 3.76. The molecule has 0 aliphatic heterocycles. The minimum absolute atomic E-state index is 0.0844. The smallest absolute Gasteiger partial charge is 0.417 e. The third kappa shape index (κ3) is 5.49. The van der Waals surface area contributed by atoms with E-state index in [1.807, 2.05) is 0 Å². The molecule has 0 aliphatic rings. The van der Waals surface area contributed by atoms with E-state index >= 15 is 0 Å². The Bertz CT molecular complexity index is 937. The van der Waals surface area contributed by atoms with Gasteiger partial charge < -0.3 is 9.84 Å². The number of halogens is 6. The van der Waals surface area contributed by atoms with Gasteiger partial charge in [-0.25, -0.2) is 4.79 Å². The molecule has 2 rings (SSSR count). The van der Waals surface area contributed by atoms with Crippen molar-refractivity contribution in [1.29, 1.82) is 0 Å². The Morgan fingerprint density at radius 1 is 1.03 bits per heavy atom. The van der Waals surface area contributed by atoms with Crippen LogP contribution >= 0.6 is 0 Å². The van der Waals surface area contributed by atoms with Crippen molar-refractivity contribution < 1.29 is 45.2 Å². The SMILES string of the molecule is CCS(=O)c1ccc(-c2cc(C(F)(F)F)ccc2OCC(=O)O)cc1C(F)(F)F. The van der Waals surface area contributed by atoms with Crippen molar-refractivity contribution in [2.75, 3.05) is 12.4 Å². The van der Waals surface area contributed by atoms with E-state index < -0.39 is 51.8 Å². The lowest BCUT2D eigenvalue weighted by Crippen LogP contribution is -2.12. The molecule has 1 unspecified atom stereocenters. The summed E-state index contributed by atoms with van der Waals surface area (Å²) in [6, 6.07) is 4.63. The molecule has 4 nitrogen and oxygen atoms in total. The summed E-state index contributed by atoms with van der Waals surface area (Å²) in [7, 11) is -1.96. The maximum atomic E-state index is 13.4. The van der Waals surface area contributed by atoms with Crippen LogP contribution in [0.25, 0.3) is 11.1 Å². The van der Waals surface area contributed by atoms with E-state index in [0.29, 0.717) is 18.2 Å². The number of carbonyl (C=O) groups is 1. The van der Waals surface area contributed by atoms with Gasteiger partial charge in [-0.2, -0.15) is 26.3 Å². The van der Waals surface area contributed by atoms with Gasteiger partial charge in [0.1, 0.15) is 5.75 Å². The Morgan fingerprint density at radius 3 is 2.21 bits per heavy atom. The number of carboxylic acids is 1. The standard InChI is InChI=1S/C18H14F6O4S/c1-2-29(27)15-6-3-10(7-13(15)18(22,23)24)12-8-11(17(19,20)21)4-5-14(12)28-9-16(25)26/h3-8H,2,9H2,1H3,(H,25,26). The molecule has 1 N–H and O–H groups in total. The molecule has 0 bridgehead atoms. The third-order valence-corrected chi connectivity index (χ3v) is 5.13. The molecule has 0 heterocycles. The van der Waals surface area contributed by atoms with Crippen LogP contribution in [0.5, 0.6) is 5.75 Å². The van der Waals surface area contributed by atoms with E-state index in [1.54, 1.807) is 0 Å². The van der Waals surface area contributed by atoms with Crippen LogP contribution in [-0.2, 0) is 27.9 Å². The summed E-state index contributed by atoms with van der Waals surface area (Å²) < 4.78 is 96.4. The first kappa shape index (κ1) is 22.7. The van der Waals surface area contributed by atoms with Gasteiger partial charge in [0.25, 0.3) is 0 Å². The molecule has 1 atom stereocenters. The second-order valence-corrected chi connectivity index (χ2v) is 7.44. The molecule has 0 saturated heterocycles. The van der Waals surface area contributed by atoms with Gasteiger partial charge in [0, 0.05) is 11.3 Å². The van der Waals surface area contributed by atoms with Gasteiger partial charge in [-0.1, -0.05) is 13.0 Å². The van der Waals surface area contributed by atoms with E-state index in [2.05, 4.69) is 0 Å². The second-order valence-electron chi connectivity index (χ2n) is 5.73. The van der Waals surface area contributed by atoms with E-state index in [1.165, 1.54) is 6.92 Å². The fraction of sp³-hybridized carbons (Fsp3) is 0.278. The number of alkyl halides is 6. The predicted molar refractivity (Wildman–Crippen MR) is 92.0 cm³/mol. The van der Waals surface area contributed by atoms with Crippen LogP contribution in [0.4, 0.5) is 26.3 Å². The van der Waals surface area contributed by atoms with E-state index in [0.717, 1.165) is 18.2 Å². The highest BCUT2D eigenvalue weighted by Crippen LogP contribution is 2.41. The molecule has 2 aromatic rings. The fourth-order valence-electron chi connectivity index (χ4n) is 2.47. The molecule has 0 amide bonds. The lowest BCUT2D eigenvalue weighted by atomic mass is 9.99. The van der Waals surface area contributed by atoms with Crippen LogP contribution in [0, 0.1) is 0 Å². The van der Waals surface area contributed by atoms with E-state index in [4.69, 9.17) is 9.84 Å². The quantitative estimate of drug-likeness (QED) is 0.644. The van der Waals surface area contributed by atoms with Crippen molar-refractivity contribution in [2.45, 2.75) is 24.2 Å². The van der Waals surface area contributed by atoms with Crippen molar-refractivity contribution >= 4 is 16.8 Å². The first-order chi connectivity index (χ1) is 13.3. The molecule has 0 aromatic heterocycles. The number of hydrogen-bond donors (Lipinski definition) is 1. The van der Waals surface area contributed by atoms with Gasteiger partial charge >= 0.3 is 18.3 Å². The normalized spacial score (nSPS) is 13.2.